The van der Waals surface area contributed by atoms with Crippen LogP contribution >= 0.6 is 11.3 Å². The molecule has 1 aromatic heterocycles. The molecule has 3 N–H and O–H groups in total. The van der Waals surface area contributed by atoms with Crippen LogP contribution in [-0.2, 0) is 24.2 Å². The average molecular weight is 238 g/mol. The number of carbonyl (C=O) groups is 1. The number of aryl methyl sites for hydroxylation is 2. The summed E-state index contributed by atoms with van der Waals surface area (Å²) in [4.78, 5) is 14.2. The Morgan fingerprint density at radius 3 is 3.12 bits per heavy atom. The molecule has 0 fully saturated rings. The van der Waals surface area contributed by atoms with E-state index in [-0.39, 0.29) is 11.9 Å². The Labute approximate surface area is 100 Å². The standard InChI is InChI=1S/C12H18N2OS/c1-8(13)5-12(15)14-7-10-6-9-3-2-4-11(9)16-10/h6,8H,2-5,7,13H2,1H3,(H,14,15). The number of carbonyl (C=O) groups excluding carboxylic acids is 1. The van der Waals surface area contributed by atoms with Crippen molar-refractivity contribution in [3.63, 3.8) is 0 Å². The van der Waals surface area contributed by atoms with Gasteiger partial charge in [-0.15, -0.1) is 11.3 Å². The molecule has 1 amide bonds. The molecule has 0 saturated heterocycles. The summed E-state index contributed by atoms with van der Waals surface area (Å²) in [5, 5.41) is 2.91. The Hall–Kier alpha value is -0.870. The first-order valence-corrected chi connectivity index (χ1v) is 6.59. The second-order valence-corrected chi connectivity index (χ2v) is 5.69. The molecule has 0 saturated carbocycles. The van der Waals surface area contributed by atoms with Gasteiger partial charge in [-0.2, -0.15) is 0 Å². The number of nitrogens with two attached hydrogens (primary N) is 1. The second-order valence-electron chi connectivity index (χ2n) is 4.47. The first-order valence-electron chi connectivity index (χ1n) is 5.78. The van der Waals surface area contributed by atoms with Crippen LogP contribution in [0.1, 0.15) is 35.1 Å². The first-order chi connectivity index (χ1) is 7.65. The lowest BCUT2D eigenvalue weighted by molar-refractivity contribution is -0.121. The quantitative estimate of drug-likeness (QED) is 0.837. The van der Waals surface area contributed by atoms with E-state index in [4.69, 9.17) is 5.73 Å². The van der Waals surface area contributed by atoms with Gasteiger partial charge in [-0.25, -0.2) is 0 Å². The summed E-state index contributed by atoms with van der Waals surface area (Å²) in [6, 6.07) is 2.17. The molecule has 16 heavy (non-hydrogen) atoms. The smallest absolute Gasteiger partial charge is 0.221 e. The van der Waals surface area contributed by atoms with Crippen molar-refractivity contribution in [1.29, 1.82) is 0 Å². The second kappa shape index (κ2) is 4.97. The maximum Gasteiger partial charge on any atom is 0.221 e. The molecule has 1 aliphatic rings. The van der Waals surface area contributed by atoms with Crippen LogP contribution < -0.4 is 11.1 Å². The maximum absolute atomic E-state index is 11.4. The van der Waals surface area contributed by atoms with Gasteiger partial charge >= 0.3 is 0 Å². The molecule has 0 bridgehead atoms. The summed E-state index contributed by atoms with van der Waals surface area (Å²) in [7, 11) is 0. The minimum Gasteiger partial charge on any atom is -0.351 e. The molecular formula is C12H18N2OS. The minimum atomic E-state index is -0.0617. The highest BCUT2D eigenvalue weighted by Gasteiger charge is 2.15. The molecular weight excluding hydrogens is 220 g/mol. The monoisotopic (exact) mass is 238 g/mol. The Bertz CT molecular complexity index is 363. The van der Waals surface area contributed by atoms with E-state index in [1.165, 1.54) is 34.6 Å². The predicted molar refractivity (Wildman–Crippen MR) is 66.5 cm³/mol. The Morgan fingerprint density at radius 1 is 1.62 bits per heavy atom. The third kappa shape index (κ3) is 2.83. The van der Waals surface area contributed by atoms with Crippen LogP contribution in [0.4, 0.5) is 0 Å². The molecule has 1 aliphatic carbocycles. The zero-order chi connectivity index (χ0) is 11.5. The van der Waals surface area contributed by atoms with Crippen LogP contribution in [0.15, 0.2) is 6.07 Å². The van der Waals surface area contributed by atoms with Crippen molar-refractivity contribution in [3.05, 3.63) is 21.4 Å². The van der Waals surface area contributed by atoms with Crippen molar-refractivity contribution < 1.29 is 4.79 Å². The van der Waals surface area contributed by atoms with Gasteiger partial charge in [0.15, 0.2) is 0 Å². The Kier molecular flexibility index (Phi) is 3.61. The molecule has 1 heterocycles. The molecule has 1 atom stereocenters. The zero-order valence-electron chi connectivity index (χ0n) is 9.58. The van der Waals surface area contributed by atoms with Crippen LogP contribution in [0.3, 0.4) is 0 Å². The van der Waals surface area contributed by atoms with E-state index in [1.54, 1.807) is 0 Å². The molecule has 2 rings (SSSR count). The summed E-state index contributed by atoms with van der Waals surface area (Å²) >= 11 is 1.84. The number of hydrogen-bond acceptors (Lipinski definition) is 3. The van der Waals surface area contributed by atoms with Gasteiger partial charge in [0.25, 0.3) is 0 Å². The lowest BCUT2D eigenvalue weighted by Crippen LogP contribution is -2.29. The Morgan fingerprint density at radius 2 is 2.44 bits per heavy atom. The normalized spacial score (nSPS) is 15.9. The highest BCUT2D eigenvalue weighted by atomic mass is 32.1. The number of hydrogen-bond donors (Lipinski definition) is 2. The van der Waals surface area contributed by atoms with E-state index in [2.05, 4.69) is 11.4 Å². The van der Waals surface area contributed by atoms with Gasteiger partial charge in [-0.3, -0.25) is 4.79 Å². The summed E-state index contributed by atoms with van der Waals surface area (Å²) in [5.41, 5.74) is 7.05. The van der Waals surface area contributed by atoms with Gasteiger partial charge in [0.05, 0.1) is 6.54 Å². The van der Waals surface area contributed by atoms with Gasteiger partial charge in [0.1, 0.15) is 0 Å². The summed E-state index contributed by atoms with van der Waals surface area (Å²) in [6.45, 7) is 2.50. The fourth-order valence-electron chi connectivity index (χ4n) is 2.03. The number of rotatable bonds is 4. The number of nitrogens with one attached hydrogen (secondary N) is 1. The molecule has 1 unspecified atom stereocenters. The highest BCUT2D eigenvalue weighted by molar-refractivity contribution is 7.12. The molecule has 0 aliphatic heterocycles. The number of fused-ring (bicyclic) bond motifs is 1. The van der Waals surface area contributed by atoms with E-state index < -0.39 is 0 Å². The third-order valence-corrected chi connectivity index (χ3v) is 4.00. The van der Waals surface area contributed by atoms with E-state index in [1.807, 2.05) is 18.3 Å². The van der Waals surface area contributed by atoms with Crippen molar-refractivity contribution in [1.82, 2.24) is 5.32 Å². The summed E-state index contributed by atoms with van der Waals surface area (Å²) in [5.74, 6) is 0.0450. The van der Waals surface area contributed by atoms with Gasteiger partial charge < -0.3 is 11.1 Å². The molecule has 3 nitrogen and oxygen atoms in total. The highest BCUT2D eigenvalue weighted by Crippen LogP contribution is 2.30. The van der Waals surface area contributed by atoms with Crippen LogP contribution in [-0.4, -0.2) is 11.9 Å². The largest absolute Gasteiger partial charge is 0.351 e. The van der Waals surface area contributed by atoms with Crippen LogP contribution in [0.5, 0.6) is 0 Å². The maximum atomic E-state index is 11.4. The fraction of sp³-hybridized carbons (Fsp3) is 0.583. The lowest BCUT2D eigenvalue weighted by atomic mass is 10.2. The van der Waals surface area contributed by atoms with Crippen molar-refractivity contribution >= 4 is 17.2 Å². The number of amides is 1. The zero-order valence-corrected chi connectivity index (χ0v) is 10.4. The van der Waals surface area contributed by atoms with E-state index in [0.717, 1.165) is 0 Å². The van der Waals surface area contributed by atoms with E-state index >= 15 is 0 Å². The Balaban J connectivity index is 1.83. The van der Waals surface area contributed by atoms with Crippen LogP contribution in [0, 0.1) is 0 Å². The summed E-state index contributed by atoms with van der Waals surface area (Å²) in [6.07, 6.45) is 4.12. The summed E-state index contributed by atoms with van der Waals surface area (Å²) < 4.78 is 0. The van der Waals surface area contributed by atoms with Crippen molar-refractivity contribution in [2.24, 2.45) is 5.73 Å². The van der Waals surface area contributed by atoms with Crippen molar-refractivity contribution in [3.8, 4) is 0 Å². The minimum absolute atomic E-state index is 0.0450. The molecule has 1 aromatic rings. The van der Waals surface area contributed by atoms with Gasteiger partial charge in [-0.05, 0) is 37.8 Å². The predicted octanol–water partition coefficient (Wildman–Crippen LogP) is 1.59. The first kappa shape index (κ1) is 11.6. The van der Waals surface area contributed by atoms with Gasteiger partial charge in [0.2, 0.25) is 5.91 Å². The third-order valence-electron chi connectivity index (χ3n) is 2.76. The van der Waals surface area contributed by atoms with Gasteiger partial charge in [-0.1, -0.05) is 0 Å². The van der Waals surface area contributed by atoms with Crippen LogP contribution in [0.2, 0.25) is 0 Å². The molecule has 0 radical (unpaired) electrons. The SMILES string of the molecule is CC(N)CC(=O)NCc1cc2c(s1)CCC2. The topological polar surface area (TPSA) is 55.1 Å². The molecule has 4 heteroatoms. The van der Waals surface area contributed by atoms with E-state index in [0.29, 0.717) is 13.0 Å². The average Bonchev–Trinajstić information content (AvgIpc) is 2.72. The molecule has 0 spiro atoms. The van der Waals surface area contributed by atoms with Crippen LogP contribution in [0.25, 0.3) is 0 Å². The lowest BCUT2D eigenvalue weighted by Gasteiger charge is -2.05. The molecule has 88 valence electrons. The van der Waals surface area contributed by atoms with Crippen molar-refractivity contribution in [2.45, 2.75) is 45.2 Å². The van der Waals surface area contributed by atoms with Crippen molar-refractivity contribution in [2.75, 3.05) is 0 Å². The number of thiophene rings is 1. The van der Waals surface area contributed by atoms with E-state index in [9.17, 15) is 4.79 Å². The molecule has 0 aromatic carbocycles. The fourth-order valence-corrected chi connectivity index (χ4v) is 3.23. The van der Waals surface area contributed by atoms with Gasteiger partial charge in [0, 0.05) is 22.2 Å².